The molecule has 1 aromatic rings. The molecule has 0 aliphatic carbocycles. The molecule has 19 heavy (non-hydrogen) atoms. The highest BCUT2D eigenvalue weighted by molar-refractivity contribution is 5.94. The smallest absolute Gasteiger partial charge is 0.246 e. The zero-order valence-corrected chi connectivity index (χ0v) is 11.0. The summed E-state index contributed by atoms with van der Waals surface area (Å²) < 4.78 is 0. The lowest BCUT2D eigenvalue weighted by molar-refractivity contribution is -0.114. The average molecular weight is 257 g/mol. The van der Waals surface area contributed by atoms with Gasteiger partial charge in [0.2, 0.25) is 5.91 Å². The number of hydrazine groups is 1. The van der Waals surface area contributed by atoms with Gasteiger partial charge in [-0.25, -0.2) is 5.01 Å². The van der Waals surface area contributed by atoms with Crippen molar-refractivity contribution in [2.24, 2.45) is 5.73 Å². The van der Waals surface area contributed by atoms with Crippen molar-refractivity contribution >= 4 is 11.6 Å². The summed E-state index contributed by atoms with van der Waals surface area (Å²) in [5.74, 6) is -0.323. The number of rotatable bonds is 2. The summed E-state index contributed by atoms with van der Waals surface area (Å²) in [6.07, 6.45) is 6.25. The Bertz CT molecular complexity index is 518. The van der Waals surface area contributed by atoms with Crippen LogP contribution >= 0.6 is 0 Å². The lowest BCUT2D eigenvalue weighted by atomic mass is 10.00. The summed E-state index contributed by atoms with van der Waals surface area (Å²) in [5.41, 5.74) is 8.49. The van der Waals surface area contributed by atoms with Gasteiger partial charge in [0.25, 0.3) is 0 Å². The summed E-state index contributed by atoms with van der Waals surface area (Å²) >= 11 is 0. The van der Waals surface area contributed by atoms with Gasteiger partial charge in [0, 0.05) is 31.3 Å². The zero-order valence-electron chi connectivity index (χ0n) is 11.0. The maximum atomic E-state index is 11.5. The number of anilines is 1. The largest absolute Gasteiger partial charge is 0.366 e. The minimum Gasteiger partial charge on any atom is -0.366 e. The van der Waals surface area contributed by atoms with E-state index in [1.54, 1.807) is 0 Å². The normalized spacial score (nSPS) is 19.8. The summed E-state index contributed by atoms with van der Waals surface area (Å²) in [7, 11) is 0. The number of carbonyl (C=O) groups excluding carboxylic acids is 1. The average Bonchev–Trinajstić information content (AvgIpc) is 2.47. The molecule has 4 nitrogen and oxygen atoms in total. The second kappa shape index (κ2) is 5.05. The highest BCUT2D eigenvalue weighted by Crippen LogP contribution is 2.31. The fourth-order valence-corrected chi connectivity index (χ4v) is 2.83. The molecule has 1 fully saturated rings. The first-order valence-electron chi connectivity index (χ1n) is 6.88. The number of fused-ring (bicyclic) bond motifs is 1. The fourth-order valence-electron chi connectivity index (χ4n) is 2.83. The standard InChI is InChI=1S/C15H19N3O/c16-15(19)13-10-12-6-2-3-7-14(12)18(11-13)17-8-4-1-5-9-17/h2-3,6-7,11H,1,4-5,8-10H2,(H2,16,19). The Morgan fingerprint density at radius 3 is 2.58 bits per heavy atom. The predicted octanol–water partition coefficient (Wildman–Crippen LogP) is 1.82. The van der Waals surface area contributed by atoms with E-state index in [0.29, 0.717) is 12.0 Å². The van der Waals surface area contributed by atoms with E-state index in [1.165, 1.54) is 30.5 Å². The van der Waals surface area contributed by atoms with E-state index >= 15 is 0 Å². The van der Waals surface area contributed by atoms with Crippen LogP contribution in [0, 0.1) is 0 Å². The third kappa shape index (κ3) is 2.36. The Kier molecular flexibility index (Phi) is 3.25. The first kappa shape index (κ1) is 12.2. The molecule has 2 N–H and O–H groups in total. The Hall–Kier alpha value is -1.81. The van der Waals surface area contributed by atoms with E-state index in [9.17, 15) is 4.79 Å². The van der Waals surface area contributed by atoms with E-state index in [2.05, 4.69) is 22.2 Å². The molecular weight excluding hydrogens is 238 g/mol. The first-order valence-corrected chi connectivity index (χ1v) is 6.88. The second-order valence-corrected chi connectivity index (χ2v) is 5.18. The van der Waals surface area contributed by atoms with Gasteiger partial charge in [-0.3, -0.25) is 9.80 Å². The number of nitrogens with two attached hydrogens (primary N) is 1. The zero-order chi connectivity index (χ0) is 13.2. The quantitative estimate of drug-likeness (QED) is 0.879. The number of carbonyl (C=O) groups is 1. The molecule has 3 rings (SSSR count). The molecule has 2 heterocycles. The number of primary amides is 1. The van der Waals surface area contributed by atoms with Crippen molar-refractivity contribution < 1.29 is 4.79 Å². The van der Waals surface area contributed by atoms with Crippen LogP contribution in [0.1, 0.15) is 24.8 Å². The summed E-state index contributed by atoms with van der Waals surface area (Å²) in [5, 5.41) is 4.43. The lowest BCUT2D eigenvalue weighted by Crippen LogP contribution is -2.44. The Labute approximate surface area is 113 Å². The molecule has 2 aliphatic heterocycles. The highest BCUT2D eigenvalue weighted by Gasteiger charge is 2.25. The van der Waals surface area contributed by atoms with Crippen molar-refractivity contribution in [1.82, 2.24) is 5.01 Å². The molecular formula is C15H19N3O. The van der Waals surface area contributed by atoms with Crippen LogP contribution < -0.4 is 10.7 Å². The maximum absolute atomic E-state index is 11.5. The van der Waals surface area contributed by atoms with Gasteiger partial charge in [-0.2, -0.15) is 0 Å². The molecule has 1 amide bonds. The number of hydrogen-bond acceptors (Lipinski definition) is 3. The van der Waals surface area contributed by atoms with Gasteiger partial charge in [0.1, 0.15) is 0 Å². The van der Waals surface area contributed by atoms with E-state index in [-0.39, 0.29) is 5.91 Å². The third-order valence-corrected chi connectivity index (χ3v) is 3.85. The molecule has 1 aromatic carbocycles. The Morgan fingerprint density at radius 2 is 1.84 bits per heavy atom. The van der Waals surface area contributed by atoms with E-state index in [1.807, 2.05) is 18.3 Å². The second-order valence-electron chi connectivity index (χ2n) is 5.18. The predicted molar refractivity (Wildman–Crippen MR) is 75.3 cm³/mol. The van der Waals surface area contributed by atoms with Gasteiger partial charge in [-0.05, 0) is 24.5 Å². The lowest BCUT2D eigenvalue weighted by Gasteiger charge is -2.39. The van der Waals surface area contributed by atoms with Crippen molar-refractivity contribution in [3.63, 3.8) is 0 Å². The van der Waals surface area contributed by atoms with Gasteiger partial charge in [0.15, 0.2) is 0 Å². The van der Waals surface area contributed by atoms with Crippen molar-refractivity contribution in [3.05, 3.63) is 41.6 Å². The van der Waals surface area contributed by atoms with Crippen LogP contribution in [0.15, 0.2) is 36.0 Å². The van der Waals surface area contributed by atoms with Crippen LogP contribution in [-0.4, -0.2) is 24.0 Å². The minimum absolute atomic E-state index is 0.323. The molecule has 0 aromatic heterocycles. The summed E-state index contributed by atoms with van der Waals surface area (Å²) in [6.45, 7) is 2.08. The van der Waals surface area contributed by atoms with E-state index < -0.39 is 0 Å². The fraction of sp³-hybridized carbons (Fsp3) is 0.400. The third-order valence-electron chi connectivity index (χ3n) is 3.85. The van der Waals surface area contributed by atoms with Gasteiger partial charge >= 0.3 is 0 Å². The van der Waals surface area contributed by atoms with Gasteiger partial charge in [-0.1, -0.05) is 24.6 Å². The number of amides is 1. The van der Waals surface area contributed by atoms with Crippen molar-refractivity contribution in [2.75, 3.05) is 18.1 Å². The monoisotopic (exact) mass is 257 g/mol. The van der Waals surface area contributed by atoms with Crippen LogP contribution in [0.5, 0.6) is 0 Å². The van der Waals surface area contributed by atoms with Crippen LogP contribution in [-0.2, 0) is 11.2 Å². The maximum Gasteiger partial charge on any atom is 0.246 e. The SMILES string of the molecule is NC(=O)C1=CN(N2CCCCC2)c2ccccc2C1. The van der Waals surface area contributed by atoms with Crippen molar-refractivity contribution in [3.8, 4) is 0 Å². The Balaban J connectivity index is 1.97. The summed E-state index contributed by atoms with van der Waals surface area (Å²) in [6, 6.07) is 8.23. The first-order chi connectivity index (χ1) is 9.25. The van der Waals surface area contributed by atoms with Crippen LogP contribution in [0.4, 0.5) is 5.69 Å². The van der Waals surface area contributed by atoms with E-state index in [4.69, 9.17) is 5.73 Å². The topological polar surface area (TPSA) is 49.6 Å². The minimum atomic E-state index is -0.323. The molecule has 0 spiro atoms. The molecule has 1 saturated heterocycles. The molecule has 4 heteroatoms. The molecule has 0 unspecified atom stereocenters. The molecule has 100 valence electrons. The number of nitrogens with zero attached hydrogens (tertiary/aromatic N) is 2. The molecule has 0 saturated carbocycles. The molecule has 2 aliphatic rings. The number of hydrogen-bond donors (Lipinski definition) is 1. The van der Waals surface area contributed by atoms with E-state index in [0.717, 1.165) is 13.1 Å². The highest BCUT2D eigenvalue weighted by atomic mass is 16.1. The van der Waals surface area contributed by atoms with Gasteiger partial charge in [0.05, 0.1) is 5.69 Å². The number of piperidine rings is 1. The number of para-hydroxylation sites is 1. The number of benzene rings is 1. The van der Waals surface area contributed by atoms with Crippen LogP contribution in [0.2, 0.25) is 0 Å². The van der Waals surface area contributed by atoms with Crippen LogP contribution in [0.25, 0.3) is 0 Å². The van der Waals surface area contributed by atoms with Gasteiger partial charge in [-0.15, -0.1) is 0 Å². The van der Waals surface area contributed by atoms with Crippen LogP contribution in [0.3, 0.4) is 0 Å². The van der Waals surface area contributed by atoms with Gasteiger partial charge < -0.3 is 5.73 Å². The molecule has 0 bridgehead atoms. The Morgan fingerprint density at radius 1 is 1.11 bits per heavy atom. The molecule has 0 atom stereocenters. The molecule has 0 radical (unpaired) electrons. The van der Waals surface area contributed by atoms with Crippen molar-refractivity contribution in [1.29, 1.82) is 0 Å². The van der Waals surface area contributed by atoms with Crippen molar-refractivity contribution in [2.45, 2.75) is 25.7 Å². The summed E-state index contributed by atoms with van der Waals surface area (Å²) in [4.78, 5) is 11.5.